The lowest BCUT2D eigenvalue weighted by Gasteiger charge is -2.28. The third-order valence-corrected chi connectivity index (χ3v) is 12.9. The minimum absolute atomic E-state index is 0.0476. The number of ether oxygens (including phenoxy) is 2. The third-order valence-electron chi connectivity index (χ3n) is 11.9. The fourth-order valence-electron chi connectivity index (χ4n) is 7.56. The molecular weight excluding hydrogens is 894 g/mol. The minimum atomic E-state index is -4.66. The summed E-state index contributed by atoms with van der Waals surface area (Å²) in [6, 6.07) is 0. The smallest absolute Gasteiger partial charge is 0.306 e. The highest BCUT2D eigenvalue weighted by molar-refractivity contribution is 7.45. The van der Waals surface area contributed by atoms with Crippen LogP contribution in [0.5, 0.6) is 0 Å². The maximum Gasteiger partial charge on any atom is 0.306 e. The van der Waals surface area contributed by atoms with E-state index in [2.05, 4.69) is 86.8 Å². The van der Waals surface area contributed by atoms with E-state index in [1.165, 1.54) is 141 Å². The highest BCUT2D eigenvalue weighted by Crippen LogP contribution is 2.38. The van der Waals surface area contributed by atoms with E-state index in [1.54, 1.807) is 0 Å². The van der Waals surface area contributed by atoms with Crippen molar-refractivity contribution in [2.24, 2.45) is 0 Å². The van der Waals surface area contributed by atoms with Crippen LogP contribution in [0, 0.1) is 0 Å². The van der Waals surface area contributed by atoms with Crippen molar-refractivity contribution in [2.45, 2.75) is 238 Å². The molecule has 0 aliphatic heterocycles. The van der Waals surface area contributed by atoms with Gasteiger partial charge in [0.05, 0.1) is 27.7 Å². The number of allylic oxidation sites excluding steroid dienone is 14. The summed E-state index contributed by atoms with van der Waals surface area (Å²) in [6.07, 6.45) is 68.0. The van der Waals surface area contributed by atoms with Gasteiger partial charge in [0.25, 0.3) is 7.82 Å². The number of quaternary nitrogens is 1. The van der Waals surface area contributed by atoms with E-state index in [0.717, 1.165) is 57.8 Å². The molecule has 2 unspecified atom stereocenters. The van der Waals surface area contributed by atoms with Gasteiger partial charge in [-0.25, -0.2) is 0 Å². The molecule has 0 aliphatic rings. The molecule has 10 heteroatoms. The van der Waals surface area contributed by atoms with Crippen LogP contribution in [0.2, 0.25) is 0 Å². The van der Waals surface area contributed by atoms with Crippen molar-refractivity contribution in [1.82, 2.24) is 0 Å². The predicted octanol–water partition coefficient (Wildman–Crippen LogP) is 16.8. The number of likely N-dealkylation sites (N-methyl/N-ethyl adjacent to an activating group) is 1. The zero-order chi connectivity index (χ0) is 51.3. The molecule has 0 rings (SSSR count). The van der Waals surface area contributed by atoms with Crippen molar-refractivity contribution >= 4 is 19.8 Å². The van der Waals surface area contributed by atoms with Gasteiger partial charge in [-0.15, -0.1) is 0 Å². The van der Waals surface area contributed by atoms with Crippen molar-refractivity contribution in [3.05, 3.63) is 85.1 Å². The molecule has 0 aromatic rings. The largest absolute Gasteiger partial charge is 0.756 e. The summed E-state index contributed by atoms with van der Waals surface area (Å²) in [5.41, 5.74) is 0. The number of carbonyl (C=O) groups excluding carboxylic acids is 2. The van der Waals surface area contributed by atoms with Crippen molar-refractivity contribution in [3.8, 4) is 0 Å². The molecule has 0 bridgehead atoms. The summed E-state index contributed by atoms with van der Waals surface area (Å²) in [5.74, 6) is -0.931. The van der Waals surface area contributed by atoms with Crippen LogP contribution < -0.4 is 4.89 Å². The van der Waals surface area contributed by atoms with Crippen LogP contribution in [0.1, 0.15) is 232 Å². The van der Waals surface area contributed by atoms with Crippen molar-refractivity contribution < 1.29 is 42.1 Å². The average molecular weight is 1000 g/mol. The second-order valence-electron chi connectivity index (χ2n) is 19.9. The molecule has 0 aromatic heterocycles. The Morgan fingerprint density at radius 1 is 0.457 bits per heavy atom. The van der Waals surface area contributed by atoms with Crippen LogP contribution >= 0.6 is 7.82 Å². The molecule has 0 fully saturated rings. The molecule has 0 aromatic carbocycles. The molecule has 0 saturated carbocycles. The van der Waals surface area contributed by atoms with E-state index in [0.29, 0.717) is 17.4 Å². The summed E-state index contributed by atoms with van der Waals surface area (Å²) in [4.78, 5) is 37.8. The van der Waals surface area contributed by atoms with E-state index >= 15 is 0 Å². The van der Waals surface area contributed by atoms with Crippen molar-refractivity contribution in [1.29, 1.82) is 0 Å². The van der Waals surface area contributed by atoms with Gasteiger partial charge in [0.1, 0.15) is 19.8 Å². The number of esters is 2. The normalized spacial score (nSPS) is 14.0. The van der Waals surface area contributed by atoms with Crippen LogP contribution in [0.3, 0.4) is 0 Å². The van der Waals surface area contributed by atoms with E-state index in [-0.39, 0.29) is 26.1 Å². The Bertz CT molecular complexity index is 1460. The molecule has 9 nitrogen and oxygen atoms in total. The molecule has 0 spiro atoms. The Morgan fingerprint density at radius 3 is 1.27 bits per heavy atom. The number of carbonyl (C=O) groups is 2. The van der Waals surface area contributed by atoms with Gasteiger partial charge in [-0.1, -0.05) is 227 Å². The van der Waals surface area contributed by atoms with Gasteiger partial charge >= 0.3 is 11.9 Å². The molecule has 0 saturated heterocycles. The predicted molar refractivity (Wildman–Crippen MR) is 296 cm³/mol. The molecule has 404 valence electrons. The van der Waals surface area contributed by atoms with Gasteiger partial charge in [-0.05, 0) is 77.0 Å². The lowest BCUT2D eigenvalue weighted by Crippen LogP contribution is -2.37. The molecule has 2 atom stereocenters. The fraction of sp³-hybridized carbons (Fsp3) is 0.733. The van der Waals surface area contributed by atoms with Gasteiger partial charge in [0.2, 0.25) is 0 Å². The quantitative estimate of drug-likeness (QED) is 0.0195. The summed E-state index contributed by atoms with van der Waals surface area (Å²) in [7, 11) is 1.11. The van der Waals surface area contributed by atoms with Crippen LogP contribution in [0.15, 0.2) is 85.1 Å². The first-order valence-electron chi connectivity index (χ1n) is 28.3. The number of hydrogen-bond donors (Lipinski definition) is 0. The molecule has 0 N–H and O–H groups in total. The minimum Gasteiger partial charge on any atom is -0.756 e. The molecule has 0 amide bonds. The molecule has 0 aliphatic carbocycles. The highest BCUT2D eigenvalue weighted by atomic mass is 31.2. The number of hydrogen-bond acceptors (Lipinski definition) is 8. The monoisotopic (exact) mass is 1000 g/mol. The second kappa shape index (κ2) is 51.1. The number of nitrogens with zero attached hydrogens (tertiary/aromatic N) is 1. The van der Waals surface area contributed by atoms with Crippen LogP contribution in [0.4, 0.5) is 0 Å². The molecule has 0 heterocycles. The summed E-state index contributed by atoms with van der Waals surface area (Å²) < 4.78 is 34.0. The number of rotatable bonds is 51. The first kappa shape index (κ1) is 67.2. The maximum absolute atomic E-state index is 12.7. The zero-order valence-electron chi connectivity index (χ0n) is 45.7. The molecular formula is C60H106NO8P. The Labute approximate surface area is 431 Å². The Kier molecular flexibility index (Phi) is 49.1. The summed E-state index contributed by atoms with van der Waals surface area (Å²) >= 11 is 0. The van der Waals surface area contributed by atoms with E-state index < -0.39 is 32.5 Å². The Balaban J connectivity index is 4.22. The second-order valence-corrected chi connectivity index (χ2v) is 21.3. The van der Waals surface area contributed by atoms with Crippen molar-refractivity contribution in [3.63, 3.8) is 0 Å². The Hall–Kier alpha value is -2.81. The van der Waals surface area contributed by atoms with Gasteiger partial charge in [0, 0.05) is 12.8 Å². The topological polar surface area (TPSA) is 111 Å². The number of unbranched alkanes of at least 4 members (excludes halogenated alkanes) is 23. The van der Waals surface area contributed by atoms with Crippen molar-refractivity contribution in [2.75, 3.05) is 47.5 Å². The van der Waals surface area contributed by atoms with E-state index in [1.807, 2.05) is 33.3 Å². The third kappa shape index (κ3) is 54.5. The lowest BCUT2D eigenvalue weighted by molar-refractivity contribution is -0.870. The fourth-order valence-corrected chi connectivity index (χ4v) is 8.29. The van der Waals surface area contributed by atoms with Crippen LogP contribution in [-0.2, 0) is 32.7 Å². The average Bonchev–Trinajstić information content (AvgIpc) is 3.32. The highest BCUT2D eigenvalue weighted by Gasteiger charge is 2.21. The maximum atomic E-state index is 12.7. The summed E-state index contributed by atoms with van der Waals surface area (Å²) in [5, 5.41) is 0. The standard InChI is InChI=1S/C60H106NO8P/c1-6-8-10-12-14-16-18-20-22-24-26-27-28-29-30-31-32-33-35-36-38-40-42-44-46-48-50-52-59(62)66-56-58(57-68-70(64,65)67-55-54-61(3,4)5)69-60(63)53-51-49-47-45-43-41-39-37-34-25-23-21-19-17-15-13-11-9-7-2/h9,11,15,17,21,23-24,26,34,37,41,43,47,49,58H,6-8,10,12-14,16,18-20,22,25,27-33,35-36,38-40,42,44-46,48,50-57H2,1-5H3/b11-9-,17-15-,23-21-,26-24-,37-34-,43-41-,49-47-. The zero-order valence-corrected chi connectivity index (χ0v) is 46.6. The molecule has 70 heavy (non-hydrogen) atoms. The Morgan fingerprint density at radius 2 is 0.843 bits per heavy atom. The first-order valence-corrected chi connectivity index (χ1v) is 29.8. The van der Waals surface area contributed by atoms with E-state index in [4.69, 9.17) is 18.5 Å². The lowest BCUT2D eigenvalue weighted by atomic mass is 10.0. The molecule has 0 radical (unpaired) electrons. The van der Waals surface area contributed by atoms with Gasteiger partial charge in [-0.3, -0.25) is 14.2 Å². The number of phosphoric ester groups is 1. The van der Waals surface area contributed by atoms with E-state index in [9.17, 15) is 19.0 Å². The van der Waals surface area contributed by atoms with Crippen LogP contribution in [-0.4, -0.2) is 70.0 Å². The summed E-state index contributed by atoms with van der Waals surface area (Å²) in [6.45, 7) is 4.04. The van der Waals surface area contributed by atoms with Crippen LogP contribution in [0.25, 0.3) is 0 Å². The first-order chi connectivity index (χ1) is 34.0. The van der Waals surface area contributed by atoms with Gasteiger partial charge < -0.3 is 27.9 Å². The SMILES string of the molecule is CC/C=C\C/C=C\C/C=C\C/C=C\C/C=C\C/C=C\CCC(=O)OC(COC(=O)CCCCCCCCCCCCCCCCC/C=C\CCCCCCCCCC)COP(=O)([O-])OCC[N+](C)(C)C. The number of phosphoric acid groups is 1. The van der Waals surface area contributed by atoms with Gasteiger partial charge in [0.15, 0.2) is 6.10 Å². The van der Waals surface area contributed by atoms with Gasteiger partial charge in [-0.2, -0.15) is 0 Å².